The molecular formula is C21H27FN2O3. The molecule has 3 heterocycles. The Morgan fingerprint density at radius 1 is 1.22 bits per heavy atom. The molecule has 4 rings (SSSR count). The van der Waals surface area contributed by atoms with Crippen LogP contribution in [0.4, 0.5) is 4.39 Å². The second kappa shape index (κ2) is 7.58. The molecule has 2 unspecified atom stereocenters. The summed E-state index contributed by atoms with van der Waals surface area (Å²) in [6.45, 7) is 2.63. The second-order valence-corrected chi connectivity index (χ2v) is 8.11. The van der Waals surface area contributed by atoms with Crippen LogP contribution in [0.5, 0.6) is 0 Å². The van der Waals surface area contributed by atoms with Crippen LogP contribution in [0.25, 0.3) is 0 Å². The molecule has 0 bridgehead atoms. The maximum atomic E-state index is 13.4. The van der Waals surface area contributed by atoms with E-state index in [4.69, 9.17) is 4.74 Å². The Hall–Kier alpha value is -1.95. The molecule has 0 spiro atoms. The molecule has 1 N–H and O–H groups in total. The van der Waals surface area contributed by atoms with Gasteiger partial charge in [-0.2, -0.15) is 0 Å². The van der Waals surface area contributed by atoms with Crippen molar-refractivity contribution in [3.63, 3.8) is 0 Å². The van der Waals surface area contributed by atoms with Crippen LogP contribution in [0.2, 0.25) is 0 Å². The van der Waals surface area contributed by atoms with Crippen molar-refractivity contribution in [2.24, 2.45) is 5.92 Å². The van der Waals surface area contributed by atoms with E-state index in [-0.39, 0.29) is 23.7 Å². The van der Waals surface area contributed by atoms with Crippen molar-refractivity contribution in [2.45, 2.75) is 50.0 Å². The van der Waals surface area contributed by atoms with Gasteiger partial charge in [0.05, 0.1) is 5.41 Å². The Kier molecular flexibility index (Phi) is 5.17. The fourth-order valence-electron chi connectivity index (χ4n) is 4.85. The normalized spacial score (nSPS) is 28.4. The number of nitrogens with one attached hydrogen (secondary N) is 1. The van der Waals surface area contributed by atoms with E-state index >= 15 is 0 Å². The van der Waals surface area contributed by atoms with Crippen molar-refractivity contribution in [1.29, 1.82) is 0 Å². The average Bonchev–Trinajstić information content (AvgIpc) is 3.23. The quantitative estimate of drug-likeness (QED) is 0.861. The molecule has 0 aliphatic carbocycles. The van der Waals surface area contributed by atoms with Gasteiger partial charge in [0.25, 0.3) is 0 Å². The lowest BCUT2D eigenvalue weighted by atomic mass is 9.76. The van der Waals surface area contributed by atoms with Gasteiger partial charge in [-0.25, -0.2) is 4.39 Å². The molecule has 2 amide bonds. The molecule has 3 aliphatic heterocycles. The summed E-state index contributed by atoms with van der Waals surface area (Å²) in [6, 6.07) is 6.30. The number of hydrogen-bond donors (Lipinski definition) is 1. The lowest BCUT2D eigenvalue weighted by molar-refractivity contribution is -0.129. The molecular weight excluding hydrogens is 347 g/mol. The van der Waals surface area contributed by atoms with Gasteiger partial charge in [0.1, 0.15) is 5.82 Å². The van der Waals surface area contributed by atoms with E-state index in [9.17, 15) is 14.0 Å². The van der Waals surface area contributed by atoms with E-state index in [1.165, 1.54) is 12.1 Å². The summed E-state index contributed by atoms with van der Waals surface area (Å²) in [5.74, 6) is 0.361. The number of hydrogen-bond acceptors (Lipinski definition) is 3. The number of halogens is 1. The summed E-state index contributed by atoms with van der Waals surface area (Å²) in [5.41, 5.74) is 0.0269. The number of ether oxygens (including phenoxy) is 1. The topological polar surface area (TPSA) is 58.6 Å². The number of amides is 2. The SMILES string of the molecule is O=C1CCC2CC(C(=O)NCCC3CCOCC3)(c3ccc(F)cc3)CN12. The van der Waals surface area contributed by atoms with Gasteiger partial charge in [0, 0.05) is 38.8 Å². The van der Waals surface area contributed by atoms with E-state index in [1.807, 2.05) is 4.90 Å². The van der Waals surface area contributed by atoms with Crippen LogP contribution < -0.4 is 5.32 Å². The van der Waals surface area contributed by atoms with Gasteiger partial charge < -0.3 is 15.0 Å². The zero-order valence-corrected chi connectivity index (χ0v) is 15.6. The van der Waals surface area contributed by atoms with E-state index < -0.39 is 5.41 Å². The van der Waals surface area contributed by atoms with Crippen molar-refractivity contribution in [3.05, 3.63) is 35.6 Å². The number of fused-ring (bicyclic) bond motifs is 1. The third-order valence-electron chi connectivity index (χ3n) is 6.49. The number of carbonyl (C=O) groups is 2. The summed E-state index contributed by atoms with van der Waals surface area (Å²) in [5, 5.41) is 3.12. The molecule has 2 atom stereocenters. The number of benzene rings is 1. The minimum absolute atomic E-state index is 0.0385. The first-order valence-electron chi connectivity index (χ1n) is 10.00. The molecule has 6 heteroatoms. The van der Waals surface area contributed by atoms with Crippen LogP contribution in [0.3, 0.4) is 0 Å². The third-order valence-corrected chi connectivity index (χ3v) is 6.49. The van der Waals surface area contributed by atoms with Gasteiger partial charge in [-0.1, -0.05) is 12.1 Å². The molecule has 5 nitrogen and oxygen atoms in total. The molecule has 0 aromatic heterocycles. The summed E-state index contributed by atoms with van der Waals surface area (Å²) in [6.07, 6.45) is 5.02. The minimum atomic E-state index is -0.774. The zero-order chi connectivity index (χ0) is 18.9. The molecule has 3 fully saturated rings. The van der Waals surface area contributed by atoms with E-state index in [0.29, 0.717) is 31.8 Å². The largest absolute Gasteiger partial charge is 0.381 e. The van der Waals surface area contributed by atoms with Crippen LogP contribution in [0, 0.1) is 11.7 Å². The predicted molar refractivity (Wildman–Crippen MR) is 98.6 cm³/mol. The monoisotopic (exact) mass is 374 g/mol. The highest BCUT2D eigenvalue weighted by atomic mass is 19.1. The molecule has 3 saturated heterocycles. The van der Waals surface area contributed by atoms with Crippen molar-refractivity contribution in [3.8, 4) is 0 Å². The van der Waals surface area contributed by atoms with Crippen LogP contribution in [-0.4, -0.2) is 49.1 Å². The Balaban J connectivity index is 1.49. The van der Waals surface area contributed by atoms with Gasteiger partial charge in [0.2, 0.25) is 11.8 Å². The lowest BCUT2D eigenvalue weighted by Gasteiger charge is -2.29. The summed E-state index contributed by atoms with van der Waals surface area (Å²) in [7, 11) is 0. The molecule has 146 valence electrons. The fraction of sp³-hybridized carbons (Fsp3) is 0.619. The molecule has 1 aromatic carbocycles. The van der Waals surface area contributed by atoms with Crippen LogP contribution in [-0.2, 0) is 19.7 Å². The second-order valence-electron chi connectivity index (χ2n) is 8.11. The van der Waals surface area contributed by atoms with Crippen LogP contribution >= 0.6 is 0 Å². The van der Waals surface area contributed by atoms with E-state index in [0.717, 1.165) is 44.5 Å². The fourth-order valence-corrected chi connectivity index (χ4v) is 4.85. The Labute approximate surface area is 159 Å². The standard InChI is InChI=1S/C21H27FN2O3/c22-17-3-1-16(2-4-17)21(13-18-5-6-19(25)24(18)14-21)20(26)23-10-7-15-8-11-27-12-9-15/h1-4,15,18H,5-14H2,(H,23,26). The number of carbonyl (C=O) groups excluding carboxylic acids is 2. The molecule has 3 aliphatic rings. The van der Waals surface area contributed by atoms with E-state index in [2.05, 4.69) is 5.32 Å². The minimum Gasteiger partial charge on any atom is -0.381 e. The van der Waals surface area contributed by atoms with Crippen molar-refractivity contribution in [1.82, 2.24) is 10.2 Å². The van der Waals surface area contributed by atoms with Gasteiger partial charge >= 0.3 is 0 Å². The van der Waals surface area contributed by atoms with Crippen molar-refractivity contribution >= 4 is 11.8 Å². The Morgan fingerprint density at radius 2 is 1.96 bits per heavy atom. The third kappa shape index (κ3) is 3.59. The highest BCUT2D eigenvalue weighted by molar-refractivity contribution is 5.91. The highest BCUT2D eigenvalue weighted by Gasteiger charge is 2.53. The lowest BCUT2D eigenvalue weighted by Crippen LogP contribution is -2.47. The van der Waals surface area contributed by atoms with Gasteiger partial charge in [-0.3, -0.25) is 9.59 Å². The molecule has 1 aromatic rings. The molecule has 0 radical (unpaired) electrons. The summed E-state index contributed by atoms with van der Waals surface area (Å²) in [4.78, 5) is 27.3. The molecule has 27 heavy (non-hydrogen) atoms. The summed E-state index contributed by atoms with van der Waals surface area (Å²) >= 11 is 0. The number of nitrogens with zero attached hydrogens (tertiary/aromatic N) is 1. The Morgan fingerprint density at radius 3 is 2.67 bits per heavy atom. The summed E-state index contributed by atoms with van der Waals surface area (Å²) < 4.78 is 18.8. The first-order chi connectivity index (χ1) is 13.1. The molecule has 0 saturated carbocycles. The first kappa shape index (κ1) is 18.4. The maximum Gasteiger partial charge on any atom is 0.232 e. The highest BCUT2D eigenvalue weighted by Crippen LogP contribution is 2.43. The van der Waals surface area contributed by atoms with Crippen LogP contribution in [0.15, 0.2) is 24.3 Å². The van der Waals surface area contributed by atoms with Gasteiger partial charge in [-0.05, 0) is 55.7 Å². The Bertz CT molecular complexity index is 702. The van der Waals surface area contributed by atoms with E-state index in [1.54, 1.807) is 12.1 Å². The zero-order valence-electron chi connectivity index (χ0n) is 15.6. The average molecular weight is 374 g/mol. The van der Waals surface area contributed by atoms with Crippen LogP contribution in [0.1, 0.15) is 44.1 Å². The first-order valence-corrected chi connectivity index (χ1v) is 10.00. The van der Waals surface area contributed by atoms with Crippen molar-refractivity contribution in [2.75, 3.05) is 26.3 Å². The van der Waals surface area contributed by atoms with Gasteiger partial charge in [0.15, 0.2) is 0 Å². The smallest absolute Gasteiger partial charge is 0.232 e. The number of rotatable bonds is 5. The predicted octanol–water partition coefficient (Wildman–Crippen LogP) is 2.39. The van der Waals surface area contributed by atoms with Crippen molar-refractivity contribution < 1.29 is 18.7 Å². The van der Waals surface area contributed by atoms with Gasteiger partial charge in [-0.15, -0.1) is 0 Å². The maximum absolute atomic E-state index is 13.4.